The van der Waals surface area contributed by atoms with Crippen molar-refractivity contribution in [1.29, 1.82) is 0 Å². The van der Waals surface area contributed by atoms with Crippen molar-refractivity contribution in [2.45, 2.75) is 38.5 Å². The molecule has 0 aromatic heterocycles. The third kappa shape index (κ3) is 8.31. The molecule has 0 saturated heterocycles. The van der Waals surface area contributed by atoms with Gasteiger partial charge in [-0.1, -0.05) is 0 Å². The number of hydrogen-bond acceptors (Lipinski definition) is 10. The number of esters is 2. The quantitative estimate of drug-likeness (QED) is 0.209. The number of phenols is 2. The lowest BCUT2D eigenvalue weighted by Gasteiger charge is -2.16. The van der Waals surface area contributed by atoms with Crippen LogP contribution in [0.4, 0.5) is 0 Å². The Labute approximate surface area is 210 Å². The van der Waals surface area contributed by atoms with Crippen molar-refractivity contribution in [3.8, 4) is 34.1 Å². The number of aliphatic hydroxyl groups is 2. The molecule has 0 unspecified atom stereocenters. The first-order chi connectivity index (χ1) is 17.3. The van der Waals surface area contributed by atoms with E-state index in [4.69, 9.17) is 29.2 Å². The molecule has 0 bridgehead atoms. The SMILES string of the molecule is COc1cc(CCC(=O)OCCCO)cc(-c2cc(CCC(=O)OCCCO)cc(OC)c2O)c1O. The van der Waals surface area contributed by atoms with Gasteiger partial charge in [-0.25, -0.2) is 0 Å². The largest absolute Gasteiger partial charge is 0.504 e. The number of methoxy groups -OCH3 is 2. The standard InChI is InChI=1S/C26H34O10/c1-33-21-15-17(5-7-23(29)35-11-3-9-27)13-19(25(21)31)20-14-18(16-22(34-2)26(20)32)6-8-24(30)36-12-4-10-28/h13-16,27-28,31-32H,3-12H2,1-2H3. The molecule has 10 nitrogen and oxygen atoms in total. The lowest BCUT2D eigenvalue weighted by molar-refractivity contribution is -0.144. The highest BCUT2D eigenvalue weighted by atomic mass is 16.5. The molecule has 0 heterocycles. The fourth-order valence-corrected chi connectivity index (χ4v) is 3.48. The first kappa shape index (κ1) is 28.7. The molecular formula is C26H34O10. The van der Waals surface area contributed by atoms with Gasteiger partial charge in [-0.3, -0.25) is 9.59 Å². The first-order valence-corrected chi connectivity index (χ1v) is 11.7. The van der Waals surface area contributed by atoms with Crippen LogP contribution in [0.3, 0.4) is 0 Å². The summed E-state index contributed by atoms with van der Waals surface area (Å²) in [6.45, 7) is 0.134. The zero-order valence-electron chi connectivity index (χ0n) is 20.6. The van der Waals surface area contributed by atoms with Crippen LogP contribution in [0, 0.1) is 0 Å². The van der Waals surface area contributed by atoms with Gasteiger partial charge in [-0.05, 0) is 48.2 Å². The number of hydrogen-bond donors (Lipinski definition) is 4. The van der Waals surface area contributed by atoms with Gasteiger partial charge in [0.25, 0.3) is 0 Å². The van der Waals surface area contributed by atoms with Gasteiger partial charge in [-0.15, -0.1) is 0 Å². The molecule has 0 amide bonds. The summed E-state index contributed by atoms with van der Waals surface area (Å²) in [6.07, 6.45) is 1.46. The number of ether oxygens (including phenoxy) is 4. The molecule has 0 spiro atoms. The normalized spacial score (nSPS) is 10.7. The Hall–Kier alpha value is -3.50. The average molecular weight is 507 g/mol. The van der Waals surface area contributed by atoms with Gasteiger partial charge in [0.2, 0.25) is 0 Å². The van der Waals surface area contributed by atoms with E-state index in [0.29, 0.717) is 36.8 Å². The lowest BCUT2D eigenvalue weighted by atomic mass is 9.95. The molecule has 2 rings (SSSR count). The maximum atomic E-state index is 12.0. The lowest BCUT2D eigenvalue weighted by Crippen LogP contribution is -2.08. The summed E-state index contributed by atoms with van der Waals surface area (Å²) in [5.41, 5.74) is 1.85. The molecule has 4 N–H and O–H groups in total. The monoisotopic (exact) mass is 506 g/mol. The number of aliphatic hydroxyl groups excluding tert-OH is 2. The highest BCUT2D eigenvalue weighted by Crippen LogP contribution is 2.45. The molecule has 2 aromatic carbocycles. The van der Waals surface area contributed by atoms with Crippen molar-refractivity contribution in [3.63, 3.8) is 0 Å². The number of aryl methyl sites for hydroxylation is 2. The van der Waals surface area contributed by atoms with E-state index in [0.717, 1.165) is 0 Å². The summed E-state index contributed by atoms with van der Waals surface area (Å²) in [7, 11) is 2.79. The van der Waals surface area contributed by atoms with E-state index in [2.05, 4.69) is 0 Å². The fraction of sp³-hybridized carbons (Fsp3) is 0.462. The van der Waals surface area contributed by atoms with Gasteiger partial charge in [0, 0.05) is 50.0 Å². The summed E-state index contributed by atoms with van der Waals surface area (Å²) in [4.78, 5) is 23.9. The maximum Gasteiger partial charge on any atom is 0.306 e. The van der Waals surface area contributed by atoms with Crippen LogP contribution < -0.4 is 9.47 Å². The van der Waals surface area contributed by atoms with Crippen molar-refractivity contribution in [2.75, 3.05) is 40.6 Å². The van der Waals surface area contributed by atoms with Crippen molar-refractivity contribution < 1.29 is 49.0 Å². The second kappa shape index (κ2) is 14.8. The highest BCUT2D eigenvalue weighted by molar-refractivity contribution is 5.81. The Bertz CT molecular complexity index is 937. The molecule has 0 atom stereocenters. The van der Waals surface area contributed by atoms with Crippen LogP contribution in [0.15, 0.2) is 24.3 Å². The Balaban J connectivity index is 2.32. The van der Waals surface area contributed by atoms with Crippen molar-refractivity contribution in [3.05, 3.63) is 35.4 Å². The molecule has 0 radical (unpaired) electrons. The second-order valence-electron chi connectivity index (χ2n) is 7.98. The number of carbonyl (C=O) groups is 2. The molecule has 0 aliphatic rings. The van der Waals surface area contributed by atoms with Crippen molar-refractivity contribution in [1.82, 2.24) is 0 Å². The van der Waals surface area contributed by atoms with E-state index in [1.807, 2.05) is 0 Å². The van der Waals surface area contributed by atoms with E-state index >= 15 is 0 Å². The number of phenolic OH excluding ortho intramolecular Hbond substituents is 2. The maximum absolute atomic E-state index is 12.0. The van der Waals surface area contributed by atoms with Gasteiger partial charge in [0.05, 0.1) is 27.4 Å². The minimum Gasteiger partial charge on any atom is -0.504 e. The topological polar surface area (TPSA) is 152 Å². The van der Waals surface area contributed by atoms with E-state index in [1.54, 1.807) is 24.3 Å². The van der Waals surface area contributed by atoms with Crippen LogP contribution >= 0.6 is 0 Å². The zero-order chi connectivity index (χ0) is 26.5. The Morgan fingerprint density at radius 3 is 1.42 bits per heavy atom. The molecule has 10 heteroatoms. The van der Waals surface area contributed by atoms with Crippen LogP contribution in [0.5, 0.6) is 23.0 Å². The second-order valence-corrected chi connectivity index (χ2v) is 7.98. The molecule has 0 saturated carbocycles. The predicted octanol–water partition coefficient (Wildman–Crippen LogP) is 2.50. The molecule has 0 fully saturated rings. The summed E-state index contributed by atoms with van der Waals surface area (Å²) in [5, 5.41) is 39.2. The minimum atomic E-state index is -0.422. The smallest absolute Gasteiger partial charge is 0.306 e. The van der Waals surface area contributed by atoms with E-state index in [1.165, 1.54) is 14.2 Å². The van der Waals surface area contributed by atoms with Gasteiger partial charge in [0.15, 0.2) is 23.0 Å². The third-order valence-electron chi connectivity index (χ3n) is 5.37. The number of aromatic hydroxyl groups is 2. The molecular weight excluding hydrogens is 472 g/mol. The van der Waals surface area contributed by atoms with Gasteiger partial charge < -0.3 is 39.4 Å². The van der Waals surface area contributed by atoms with Crippen molar-refractivity contribution >= 4 is 11.9 Å². The van der Waals surface area contributed by atoms with E-state index in [-0.39, 0.29) is 73.4 Å². The van der Waals surface area contributed by atoms with Crippen LogP contribution in [0.1, 0.15) is 36.8 Å². The first-order valence-electron chi connectivity index (χ1n) is 11.7. The van der Waals surface area contributed by atoms with Crippen LogP contribution in [-0.2, 0) is 31.9 Å². The van der Waals surface area contributed by atoms with Crippen LogP contribution in [0.25, 0.3) is 11.1 Å². The van der Waals surface area contributed by atoms with Crippen LogP contribution in [0.2, 0.25) is 0 Å². The van der Waals surface area contributed by atoms with Gasteiger partial charge in [0.1, 0.15) is 0 Å². The van der Waals surface area contributed by atoms with E-state index in [9.17, 15) is 19.8 Å². The Morgan fingerprint density at radius 1 is 0.694 bits per heavy atom. The Kier molecular flexibility index (Phi) is 11.8. The predicted molar refractivity (Wildman–Crippen MR) is 130 cm³/mol. The van der Waals surface area contributed by atoms with E-state index < -0.39 is 11.9 Å². The molecule has 2 aromatic rings. The third-order valence-corrected chi connectivity index (χ3v) is 5.37. The summed E-state index contributed by atoms with van der Waals surface area (Å²) >= 11 is 0. The van der Waals surface area contributed by atoms with Gasteiger partial charge in [-0.2, -0.15) is 0 Å². The fourth-order valence-electron chi connectivity index (χ4n) is 3.48. The minimum absolute atomic E-state index is 0.0667. The number of benzene rings is 2. The molecule has 0 aliphatic heterocycles. The summed E-state index contributed by atoms with van der Waals surface area (Å²) < 4.78 is 20.7. The summed E-state index contributed by atoms with van der Waals surface area (Å²) in [6, 6.07) is 6.47. The van der Waals surface area contributed by atoms with Crippen LogP contribution in [-0.4, -0.2) is 73.0 Å². The van der Waals surface area contributed by atoms with Gasteiger partial charge >= 0.3 is 11.9 Å². The summed E-state index contributed by atoms with van der Waals surface area (Å²) in [5.74, 6) is -0.932. The Morgan fingerprint density at radius 2 is 1.08 bits per heavy atom. The molecule has 36 heavy (non-hydrogen) atoms. The van der Waals surface area contributed by atoms with Crippen molar-refractivity contribution in [2.24, 2.45) is 0 Å². The zero-order valence-corrected chi connectivity index (χ0v) is 20.6. The average Bonchev–Trinajstić information content (AvgIpc) is 2.87. The molecule has 198 valence electrons. The highest BCUT2D eigenvalue weighted by Gasteiger charge is 2.20. The molecule has 0 aliphatic carbocycles. The number of carbonyl (C=O) groups excluding carboxylic acids is 2. The number of rotatable bonds is 15.